The van der Waals surface area contributed by atoms with Crippen LogP contribution in [-0.4, -0.2) is 21.5 Å². The molecular formula is C13H16ClN3OS. The number of hydrogen-bond acceptors (Lipinski definition) is 2. The van der Waals surface area contributed by atoms with Crippen LogP contribution in [0.3, 0.4) is 0 Å². The highest BCUT2D eigenvalue weighted by atomic mass is 35.5. The minimum atomic E-state index is -0.387. The maximum Gasteiger partial charge on any atom is 0.243 e. The van der Waals surface area contributed by atoms with Crippen LogP contribution in [-0.2, 0) is 4.79 Å². The summed E-state index contributed by atoms with van der Waals surface area (Å²) >= 11 is 11.4. The lowest BCUT2D eigenvalue weighted by atomic mass is 10.2. The van der Waals surface area contributed by atoms with Crippen LogP contribution < -0.4 is 5.32 Å². The van der Waals surface area contributed by atoms with Gasteiger partial charge in [0.05, 0.1) is 16.1 Å². The van der Waals surface area contributed by atoms with E-state index in [0.717, 1.165) is 11.0 Å². The van der Waals surface area contributed by atoms with Crippen LogP contribution in [0.25, 0.3) is 11.0 Å². The summed E-state index contributed by atoms with van der Waals surface area (Å²) in [7, 11) is 0. The molecule has 19 heavy (non-hydrogen) atoms. The van der Waals surface area contributed by atoms with Gasteiger partial charge in [-0.1, -0.05) is 17.7 Å². The molecule has 0 radical (unpaired) electrons. The number of H-pyrrole nitrogens is 1. The number of amides is 1. The Morgan fingerprint density at radius 3 is 2.74 bits per heavy atom. The molecule has 1 unspecified atom stereocenters. The van der Waals surface area contributed by atoms with Crippen molar-refractivity contribution in [3.05, 3.63) is 28.0 Å². The summed E-state index contributed by atoms with van der Waals surface area (Å²) < 4.78 is 2.28. The normalized spacial score (nSPS) is 12.9. The van der Waals surface area contributed by atoms with E-state index >= 15 is 0 Å². The van der Waals surface area contributed by atoms with Gasteiger partial charge in [0.25, 0.3) is 0 Å². The van der Waals surface area contributed by atoms with E-state index in [4.69, 9.17) is 23.8 Å². The second-order valence-corrected chi connectivity index (χ2v) is 5.57. The van der Waals surface area contributed by atoms with Gasteiger partial charge in [-0.2, -0.15) is 0 Å². The standard InChI is InChI=1S/C13H16ClN3OS/c1-7(2)15-12(18)8(3)17-10-6-4-5-9(14)11(10)16-13(17)19/h4-8H,1-3H3,(H,15,18)(H,16,19). The largest absolute Gasteiger partial charge is 0.352 e. The topological polar surface area (TPSA) is 49.8 Å². The van der Waals surface area contributed by atoms with Crippen molar-refractivity contribution in [2.24, 2.45) is 0 Å². The van der Waals surface area contributed by atoms with E-state index in [9.17, 15) is 4.79 Å². The predicted molar refractivity (Wildman–Crippen MR) is 80.1 cm³/mol. The fourth-order valence-corrected chi connectivity index (χ4v) is 2.60. The number of carbonyl (C=O) groups excluding carboxylic acids is 1. The molecule has 0 aliphatic heterocycles. The van der Waals surface area contributed by atoms with Crippen LogP contribution in [0.2, 0.25) is 5.02 Å². The zero-order valence-electron chi connectivity index (χ0n) is 11.0. The molecule has 1 heterocycles. The van der Waals surface area contributed by atoms with Crippen molar-refractivity contribution in [3.63, 3.8) is 0 Å². The lowest BCUT2D eigenvalue weighted by Crippen LogP contribution is -2.35. The smallest absolute Gasteiger partial charge is 0.243 e. The quantitative estimate of drug-likeness (QED) is 0.853. The first-order valence-electron chi connectivity index (χ1n) is 6.11. The summed E-state index contributed by atoms with van der Waals surface area (Å²) in [5.74, 6) is -0.0630. The van der Waals surface area contributed by atoms with E-state index in [2.05, 4.69) is 10.3 Å². The molecule has 0 spiro atoms. The molecule has 4 nitrogen and oxygen atoms in total. The van der Waals surface area contributed by atoms with E-state index in [1.165, 1.54) is 0 Å². The first kappa shape index (κ1) is 14.1. The zero-order valence-corrected chi connectivity index (χ0v) is 12.6. The zero-order chi connectivity index (χ0) is 14.2. The molecule has 0 saturated carbocycles. The van der Waals surface area contributed by atoms with Gasteiger partial charge in [-0.25, -0.2) is 0 Å². The number of rotatable bonds is 3. The molecule has 6 heteroatoms. The van der Waals surface area contributed by atoms with E-state index in [1.807, 2.05) is 32.9 Å². The Labute approximate surface area is 121 Å². The van der Waals surface area contributed by atoms with Crippen LogP contribution in [0, 0.1) is 4.77 Å². The van der Waals surface area contributed by atoms with E-state index < -0.39 is 0 Å². The summed E-state index contributed by atoms with van der Waals surface area (Å²) in [5.41, 5.74) is 1.60. The number of fused-ring (bicyclic) bond motifs is 1. The Morgan fingerprint density at radius 2 is 2.11 bits per heavy atom. The third kappa shape index (κ3) is 2.67. The van der Waals surface area contributed by atoms with Gasteiger partial charge in [-0.3, -0.25) is 4.79 Å². The fourth-order valence-electron chi connectivity index (χ4n) is 2.02. The number of carbonyl (C=O) groups is 1. The molecule has 0 fully saturated rings. The molecule has 2 N–H and O–H groups in total. The number of nitrogens with zero attached hydrogens (tertiary/aromatic N) is 1. The Morgan fingerprint density at radius 1 is 1.42 bits per heavy atom. The summed E-state index contributed by atoms with van der Waals surface area (Å²) in [6.07, 6.45) is 0. The highest BCUT2D eigenvalue weighted by Crippen LogP contribution is 2.25. The average Bonchev–Trinajstić information content (AvgIpc) is 2.65. The van der Waals surface area contributed by atoms with Gasteiger partial charge in [0, 0.05) is 6.04 Å². The van der Waals surface area contributed by atoms with Gasteiger partial charge in [0.1, 0.15) is 6.04 Å². The number of halogens is 1. The molecule has 0 bridgehead atoms. The Balaban J connectivity index is 2.51. The predicted octanol–water partition coefficient (Wildman–Crippen LogP) is 3.44. The van der Waals surface area contributed by atoms with Gasteiger partial charge >= 0.3 is 0 Å². The minimum absolute atomic E-state index is 0.0630. The molecule has 1 amide bonds. The van der Waals surface area contributed by atoms with Crippen LogP contribution in [0.4, 0.5) is 0 Å². The molecular weight excluding hydrogens is 282 g/mol. The highest BCUT2D eigenvalue weighted by Gasteiger charge is 2.19. The number of imidazole rings is 1. The summed E-state index contributed by atoms with van der Waals surface area (Å²) in [4.78, 5) is 15.2. The van der Waals surface area contributed by atoms with Gasteiger partial charge in [0.15, 0.2) is 4.77 Å². The number of aromatic amines is 1. The number of benzene rings is 1. The third-order valence-electron chi connectivity index (χ3n) is 2.90. The van der Waals surface area contributed by atoms with Crippen molar-refractivity contribution >= 4 is 40.8 Å². The molecule has 0 aliphatic carbocycles. The Hall–Kier alpha value is -1.33. The SMILES string of the molecule is CC(C)NC(=O)C(C)n1c(=S)[nH]c2c(Cl)cccc21. The van der Waals surface area contributed by atoms with Crippen molar-refractivity contribution in [3.8, 4) is 0 Å². The molecule has 2 rings (SSSR count). The Bertz CT molecular complexity index is 674. The van der Waals surface area contributed by atoms with Crippen molar-refractivity contribution in [1.29, 1.82) is 0 Å². The first-order valence-corrected chi connectivity index (χ1v) is 6.89. The average molecular weight is 298 g/mol. The van der Waals surface area contributed by atoms with E-state index in [1.54, 1.807) is 10.6 Å². The fraction of sp³-hybridized carbons (Fsp3) is 0.385. The van der Waals surface area contributed by atoms with Crippen LogP contribution in [0.1, 0.15) is 26.8 Å². The number of hydrogen-bond donors (Lipinski definition) is 2. The second-order valence-electron chi connectivity index (χ2n) is 4.77. The monoisotopic (exact) mass is 297 g/mol. The molecule has 0 aliphatic rings. The summed E-state index contributed by atoms with van der Waals surface area (Å²) in [6.45, 7) is 5.67. The minimum Gasteiger partial charge on any atom is -0.352 e. The molecule has 1 aromatic heterocycles. The van der Waals surface area contributed by atoms with Crippen molar-refractivity contribution in [2.45, 2.75) is 32.9 Å². The number of aromatic nitrogens is 2. The van der Waals surface area contributed by atoms with Crippen LogP contribution in [0.5, 0.6) is 0 Å². The van der Waals surface area contributed by atoms with Crippen molar-refractivity contribution in [1.82, 2.24) is 14.9 Å². The maximum absolute atomic E-state index is 12.1. The second kappa shape index (κ2) is 5.35. The van der Waals surface area contributed by atoms with Crippen molar-refractivity contribution in [2.75, 3.05) is 0 Å². The van der Waals surface area contributed by atoms with Gasteiger partial charge in [0.2, 0.25) is 5.91 Å². The van der Waals surface area contributed by atoms with Crippen molar-refractivity contribution < 1.29 is 4.79 Å². The third-order valence-corrected chi connectivity index (χ3v) is 3.51. The van der Waals surface area contributed by atoms with Gasteiger partial charge < -0.3 is 14.9 Å². The molecule has 102 valence electrons. The highest BCUT2D eigenvalue weighted by molar-refractivity contribution is 7.71. The maximum atomic E-state index is 12.1. The Kier molecular flexibility index (Phi) is 3.96. The number of para-hydroxylation sites is 1. The van der Waals surface area contributed by atoms with Crippen LogP contribution >= 0.6 is 23.8 Å². The number of nitrogens with one attached hydrogen (secondary N) is 2. The first-order chi connectivity index (χ1) is 8.91. The lowest BCUT2D eigenvalue weighted by Gasteiger charge is -2.16. The van der Waals surface area contributed by atoms with E-state index in [-0.39, 0.29) is 18.0 Å². The summed E-state index contributed by atoms with van der Waals surface area (Å²) in [6, 6.07) is 5.24. The molecule has 2 aromatic rings. The molecule has 0 saturated heterocycles. The summed E-state index contributed by atoms with van der Waals surface area (Å²) in [5, 5.41) is 3.48. The molecule has 1 aromatic carbocycles. The van der Waals surface area contributed by atoms with Gasteiger partial charge in [-0.05, 0) is 45.1 Å². The van der Waals surface area contributed by atoms with Crippen LogP contribution in [0.15, 0.2) is 18.2 Å². The van der Waals surface area contributed by atoms with E-state index in [0.29, 0.717) is 9.79 Å². The molecule has 1 atom stereocenters. The van der Waals surface area contributed by atoms with Gasteiger partial charge in [-0.15, -0.1) is 0 Å². The lowest BCUT2D eigenvalue weighted by molar-refractivity contribution is -0.124.